The lowest BCUT2D eigenvalue weighted by molar-refractivity contribution is 0.0600. The number of rotatable bonds is 3. The predicted molar refractivity (Wildman–Crippen MR) is 96.9 cm³/mol. The molecular formula is C19H19F2N3O3. The number of piperazine rings is 1. The molecule has 1 aliphatic rings. The number of hydrogen-bond donors (Lipinski definition) is 1. The van der Waals surface area contributed by atoms with Gasteiger partial charge in [0.1, 0.15) is 11.6 Å². The van der Waals surface area contributed by atoms with Crippen molar-refractivity contribution < 1.29 is 23.1 Å². The van der Waals surface area contributed by atoms with Crippen LogP contribution < -0.4 is 10.2 Å². The zero-order chi connectivity index (χ0) is 19.4. The van der Waals surface area contributed by atoms with E-state index in [9.17, 15) is 18.4 Å². The number of urea groups is 1. The number of carbonyl (C=O) groups excluding carboxylic acids is 2. The molecule has 27 heavy (non-hydrogen) atoms. The lowest BCUT2D eigenvalue weighted by Crippen LogP contribution is -2.50. The second-order valence-corrected chi connectivity index (χ2v) is 6.07. The summed E-state index contributed by atoms with van der Waals surface area (Å²) in [5, 5.41) is 2.74. The number of methoxy groups -OCH3 is 1. The highest BCUT2D eigenvalue weighted by Gasteiger charge is 2.23. The molecule has 0 unspecified atom stereocenters. The maximum Gasteiger partial charge on any atom is 0.337 e. The monoisotopic (exact) mass is 375 g/mol. The first-order valence-corrected chi connectivity index (χ1v) is 8.42. The molecular weight excluding hydrogens is 356 g/mol. The molecule has 142 valence electrons. The van der Waals surface area contributed by atoms with Crippen LogP contribution in [0.5, 0.6) is 0 Å². The maximum absolute atomic E-state index is 13.9. The van der Waals surface area contributed by atoms with Gasteiger partial charge in [0.2, 0.25) is 0 Å². The first kappa shape index (κ1) is 18.6. The van der Waals surface area contributed by atoms with E-state index in [0.29, 0.717) is 43.1 Å². The molecule has 0 atom stereocenters. The third-order valence-electron chi connectivity index (χ3n) is 4.35. The minimum atomic E-state index is -0.622. The lowest BCUT2D eigenvalue weighted by atomic mass is 10.2. The molecule has 1 aliphatic heterocycles. The van der Waals surface area contributed by atoms with E-state index in [0.717, 1.165) is 6.07 Å². The van der Waals surface area contributed by atoms with Crippen molar-refractivity contribution in [3.8, 4) is 0 Å². The highest BCUT2D eigenvalue weighted by atomic mass is 19.1. The number of halogens is 2. The number of anilines is 2. The number of esters is 1. The molecule has 2 aromatic rings. The van der Waals surface area contributed by atoms with Crippen LogP contribution in [0.15, 0.2) is 42.5 Å². The Kier molecular flexibility index (Phi) is 5.54. The molecule has 0 spiro atoms. The van der Waals surface area contributed by atoms with Crippen molar-refractivity contribution in [3.63, 3.8) is 0 Å². The van der Waals surface area contributed by atoms with E-state index in [4.69, 9.17) is 0 Å². The minimum Gasteiger partial charge on any atom is -0.465 e. The molecule has 1 heterocycles. The molecule has 2 amide bonds. The number of amides is 2. The molecule has 0 radical (unpaired) electrons. The van der Waals surface area contributed by atoms with Crippen LogP contribution in [0.1, 0.15) is 10.4 Å². The molecule has 6 nitrogen and oxygen atoms in total. The minimum absolute atomic E-state index is 0.309. The first-order valence-electron chi connectivity index (χ1n) is 8.42. The van der Waals surface area contributed by atoms with E-state index in [-0.39, 0.29) is 6.03 Å². The van der Waals surface area contributed by atoms with Crippen LogP contribution in [-0.2, 0) is 4.74 Å². The second kappa shape index (κ2) is 8.03. The molecule has 1 fully saturated rings. The topological polar surface area (TPSA) is 61.9 Å². The smallest absolute Gasteiger partial charge is 0.337 e. The van der Waals surface area contributed by atoms with E-state index in [2.05, 4.69) is 10.1 Å². The average molecular weight is 375 g/mol. The van der Waals surface area contributed by atoms with Gasteiger partial charge in [-0.1, -0.05) is 6.07 Å². The van der Waals surface area contributed by atoms with Crippen molar-refractivity contribution in [1.29, 1.82) is 0 Å². The van der Waals surface area contributed by atoms with Crippen LogP contribution in [0.2, 0.25) is 0 Å². The molecule has 0 bridgehead atoms. The lowest BCUT2D eigenvalue weighted by Gasteiger charge is -2.36. The SMILES string of the molecule is COC(=O)c1cccc(NC(=O)N2CCN(c3ccc(F)cc3F)CC2)c1. The zero-order valence-corrected chi connectivity index (χ0v) is 14.7. The van der Waals surface area contributed by atoms with Crippen molar-refractivity contribution in [2.75, 3.05) is 43.5 Å². The highest BCUT2D eigenvalue weighted by Crippen LogP contribution is 2.22. The standard InChI is InChI=1S/C19H19F2N3O3/c1-27-18(25)13-3-2-4-15(11-13)22-19(26)24-9-7-23(8-10-24)17-6-5-14(20)12-16(17)21/h2-6,11-12H,7-10H2,1H3,(H,22,26). The van der Waals surface area contributed by atoms with Crippen LogP contribution in [0, 0.1) is 11.6 Å². The number of nitrogens with one attached hydrogen (secondary N) is 1. The summed E-state index contributed by atoms with van der Waals surface area (Å²) in [5.41, 5.74) is 1.14. The van der Waals surface area contributed by atoms with Crippen molar-refractivity contribution in [1.82, 2.24) is 4.90 Å². The summed E-state index contributed by atoms with van der Waals surface area (Å²) in [5.74, 6) is -1.72. The summed E-state index contributed by atoms with van der Waals surface area (Å²) in [6, 6.07) is 9.61. The van der Waals surface area contributed by atoms with Gasteiger partial charge in [0.05, 0.1) is 18.4 Å². The highest BCUT2D eigenvalue weighted by molar-refractivity contribution is 5.94. The van der Waals surface area contributed by atoms with Gasteiger partial charge in [0.15, 0.2) is 0 Å². The third-order valence-corrected chi connectivity index (χ3v) is 4.35. The van der Waals surface area contributed by atoms with Gasteiger partial charge in [-0.3, -0.25) is 0 Å². The Hall–Kier alpha value is -3.16. The van der Waals surface area contributed by atoms with Gasteiger partial charge in [0.25, 0.3) is 0 Å². The number of ether oxygens (including phenoxy) is 1. The average Bonchev–Trinajstić information content (AvgIpc) is 2.67. The number of hydrogen-bond acceptors (Lipinski definition) is 4. The van der Waals surface area contributed by atoms with Gasteiger partial charge in [0, 0.05) is 37.9 Å². The Balaban J connectivity index is 1.59. The molecule has 2 aromatic carbocycles. The van der Waals surface area contributed by atoms with Gasteiger partial charge < -0.3 is 19.9 Å². The quantitative estimate of drug-likeness (QED) is 0.838. The Morgan fingerprint density at radius 3 is 2.44 bits per heavy atom. The second-order valence-electron chi connectivity index (χ2n) is 6.07. The van der Waals surface area contributed by atoms with Crippen LogP contribution in [-0.4, -0.2) is 50.2 Å². The molecule has 1 N–H and O–H groups in total. The van der Waals surface area contributed by atoms with Crippen molar-refractivity contribution in [3.05, 3.63) is 59.7 Å². The van der Waals surface area contributed by atoms with Crippen LogP contribution in [0.4, 0.5) is 25.0 Å². The van der Waals surface area contributed by atoms with Crippen molar-refractivity contribution in [2.45, 2.75) is 0 Å². The van der Waals surface area contributed by atoms with E-state index in [1.165, 1.54) is 25.3 Å². The fourth-order valence-corrected chi connectivity index (χ4v) is 2.93. The Labute approximate surface area is 155 Å². The zero-order valence-electron chi connectivity index (χ0n) is 14.7. The molecule has 0 saturated carbocycles. The normalized spacial score (nSPS) is 14.0. The first-order chi connectivity index (χ1) is 13.0. The fourth-order valence-electron chi connectivity index (χ4n) is 2.93. The number of nitrogens with zero attached hydrogens (tertiary/aromatic N) is 2. The summed E-state index contributed by atoms with van der Waals surface area (Å²) < 4.78 is 31.6. The third kappa shape index (κ3) is 4.33. The number of benzene rings is 2. The molecule has 1 saturated heterocycles. The molecule has 8 heteroatoms. The van der Waals surface area contributed by atoms with Crippen molar-refractivity contribution >= 4 is 23.4 Å². The molecule has 0 aromatic heterocycles. The Morgan fingerprint density at radius 2 is 1.78 bits per heavy atom. The fraction of sp³-hybridized carbons (Fsp3) is 0.263. The summed E-state index contributed by atoms with van der Waals surface area (Å²) in [6.45, 7) is 1.63. The number of carbonyl (C=O) groups is 2. The van der Waals surface area contributed by atoms with Gasteiger partial charge in [-0.25, -0.2) is 18.4 Å². The van der Waals surface area contributed by atoms with Crippen molar-refractivity contribution in [2.24, 2.45) is 0 Å². The summed E-state index contributed by atoms with van der Waals surface area (Å²) in [7, 11) is 1.29. The Morgan fingerprint density at radius 1 is 1.04 bits per heavy atom. The predicted octanol–water partition coefficient (Wildman–Crippen LogP) is 3.11. The molecule has 0 aliphatic carbocycles. The van der Waals surface area contributed by atoms with Crippen LogP contribution >= 0.6 is 0 Å². The van der Waals surface area contributed by atoms with Crippen LogP contribution in [0.3, 0.4) is 0 Å². The molecule has 3 rings (SSSR count). The van der Waals surface area contributed by atoms with E-state index >= 15 is 0 Å². The maximum atomic E-state index is 13.9. The summed E-state index contributed by atoms with van der Waals surface area (Å²) in [4.78, 5) is 27.4. The van der Waals surface area contributed by atoms with Gasteiger partial charge in [-0.15, -0.1) is 0 Å². The largest absolute Gasteiger partial charge is 0.465 e. The van der Waals surface area contributed by atoms with Gasteiger partial charge in [-0.2, -0.15) is 0 Å². The van der Waals surface area contributed by atoms with Crippen LogP contribution in [0.25, 0.3) is 0 Å². The van der Waals surface area contributed by atoms with Gasteiger partial charge in [-0.05, 0) is 30.3 Å². The Bertz CT molecular complexity index is 852. The van der Waals surface area contributed by atoms with E-state index in [1.54, 1.807) is 28.0 Å². The van der Waals surface area contributed by atoms with E-state index in [1.807, 2.05) is 0 Å². The summed E-state index contributed by atoms with van der Waals surface area (Å²) >= 11 is 0. The van der Waals surface area contributed by atoms with E-state index < -0.39 is 17.6 Å². The van der Waals surface area contributed by atoms with Gasteiger partial charge >= 0.3 is 12.0 Å². The summed E-state index contributed by atoms with van der Waals surface area (Å²) in [6.07, 6.45) is 0.